The van der Waals surface area contributed by atoms with Crippen LogP contribution in [0.1, 0.15) is 24.7 Å². The molecule has 2 rings (SSSR count). The molecule has 98 valence electrons. The number of ether oxygens (including phenoxy) is 1. The standard InChI is InChI=1S/C13H20N4O/c1-5-11(8-18-4)15-13-6-9(2)14-12-7-10(3)16-17(12)13/h6-7,11,15H,5,8H2,1-4H3. The van der Waals surface area contributed by atoms with Crippen molar-refractivity contribution < 1.29 is 4.74 Å². The number of hydrogen-bond acceptors (Lipinski definition) is 4. The predicted octanol–water partition coefficient (Wildman–Crippen LogP) is 2.18. The number of nitrogens with zero attached hydrogens (tertiary/aromatic N) is 3. The van der Waals surface area contributed by atoms with Gasteiger partial charge in [-0.1, -0.05) is 6.92 Å². The van der Waals surface area contributed by atoms with Crippen molar-refractivity contribution in [3.8, 4) is 0 Å². The Hall–Kier alpha value is -1.62. The van der Waals surface area contributed by atoms with Gasteiger partial charge in [-0.05, 0) is 20.3 Å². The van der Waals surface area contributed by atoms with Crippen LogP contribution in [0, 0.1) is 13.8 Å². The van der Waals surface area contributed by atoms with Crippen molar-refractivity contribution in [2.75, 3.05) is 19.0 Å². The molecule has 2 aromatic heterocycles. The molecule has 0 fully saturated rings. The van der Waals surface area contributed by atoms with E-state index in [1.807, 2.05) is 30.5 Å². The van der Waals surface area contributed by atoms with Crippen molar-refractivity contribution in [2.45, 2.75) is 33.2 Å². The van der Waals surface area contributed by atoms with Gasteiger partial charge in [0.2, 0.25) is 0 Å². The topological polar surface area (TPSA) is 51.5 Å². The predicted molar refractivity (Wildman–Crippen MR) is 72.0 cm³/mol. The van der Waals surface area contributed by atoms with E-state index >= 15 is 0 Å². The third-order valence-corrected chi connectivity index (χ3v) is 2.89. The summed E-state index contributed by atoms with van der Waals surface area (Å²) >= 11 is 0. The lowest BCUT2D eigenvalue weighted by molar-refractivity contribution is 0.184. The van der Waals surface area contributed by atoms with Gasteiger partial charge in [-0.3, -0.25) is 0 Å². The highest BCUT2D eigenvalue weighted by atomic mass is 16.5. The van der Waals surface area contributed by atoms with Gasteiger partial charge in [-0.25, -0.2) is 4.98 Å². The monoisotopic (exact) mass is 248 g/mol. The molecule has 2 aromatic rings. The molecule has 0 aliphatic rings. The van der Waals surface area contributed by atoms with Crippen LogP contribution >= 0.6 is 0 Å². The van der Waals surface area contributed by atoms with Gasteiger partial charge in [-0.2, -0.15) is 9.61 Å². The van der Waals surface area contributed by atoms with Gasteiger partial charge in [-0.15, -0.1) is 0 Å². The van der Waals surface area contributed by atoms with E-state index in [2.05, 4.69) is 22.3 Å². The van der Waals surface area contributed by atoms with Crippen LogP contribution in [-0.2, 0) is 4.74 Å². The summed E-state index contributed by atoms with van der Waals surface area (Å²) in [5.74, 6) is 0.967. The summed E-state index contributed by atoms with van der Waals surface area (Å²) in [5, 5.41) is 7.91. The van der Waals surface area contributed by atoms with Crippen LogP contribution in [-0.4, -0.2) is 34.4 Å². The molecule has 1 N–H and O–H groups in total. The summed E-state index contributed by atoms with van der Waals surface area (Å²) < 4.78 is 7.05. The summed E-state index contributed by atoms with van der Waals surface area (Å²) in [7, 11) is 1.72. The van der Waals surface area contributed by atoms with Gasteiger partial charge in [0.05, 0.1) is 18.3 Å². The molecule has 1 unspecified atom stereocenters. The van der Waals surface area contributed by atoms with Gasteiger partial charge in [0.1, 0.15) is 5.82 Å². The van der Waals surface area contributed by atoms with Gasteiger partial charge < -0.3 is 10.1 Å². The fourth-order valence-corrected chi connectivity index (χ4v) is 1.99. The molecule has 2 heterocycles. The van der Waals surface area contributed by atoms with Crippen LogP contribution in [0.25, 0.3) is 5.65 Å². The Balaban J connectivity index is 2.36. The summed E-state index contributed by atoms with van der Waals surface area (Å²) in [4.78, 5) is 4.47. The lowest BCUT2D eigenvalue weighted by atomic mass is 10.2. The van der Waals surface area contributed by atoms with Crippen molar-refractivity contribution in [2.24, 2.45) is 0 Å². The van der Waals surface area contributed by atoms with Crippen molar-refractivity contribution >= 4 is 11.5 Å². The fraction of sp³-hybridized carbons (Fsp3) is 0.538. The summed E-state index contributed by atoms with van der Waals surface area (Å²) in [6.45, 7) is 6.78. The average Bonchev–Trinajstić information content (AvgIpc) is 2.68. The molecule has 0 aliphatic heterocycles. The molecule has 0 aliphatic carbocycles. The highest BCUT2D eigenvalue weighted by Gasteiger charge is 2.10. The molecule has 1 atom stereocenters. The molecule has 0 amide bonds. The maximum atomic E-state index is 5.21. The van der Waals surface area contributed by atoms with E-state index in [-0.39, 0.29) is 6.04 Å². The smallest absolute Gasteiger partial charge is 0.157 e. The number of aryl methyl sites for hydroxylation is 2. The molecule has 0 aromatic carbocycles. The minimum absolute atomic E-state index is 0.282. The quantitative estimate of drug-likeness (QED) is 0.881. The molecular weight excluding hydrogens is 228 g/mol. The summed E-state index contributed by atoms with van der Waals surface area (Å²) in [5.41, 5.74) is 2.83. The zero-order valence-corrected chi connectivity index (χ0v) is 11.4. The lowest BCUT2D eigenvalue weighted by Gasteiger charge is -2.18. The minimum Gasteiger partial charge on any atom is -0.383 e. The van der Waals surface area contributed by atoms with E-state index in [0.717, 1.165) is 29.3 Å². The second-order valence-electron chi connectivity index (χ2n) is 4.54. The van der Waals surface area contributed by atoms with Crippen LogP contribution < -0.4 is 5.32 Å². The van der Waals surface area contributed by atoms with E-state index in [4.69, 9.17) is 4.74 Å². The van der Waals surface area contributed by atoms with E-state index < -0.39 is 0 Å². The first-order chi connectivity index (χ1) is 8.63. The summed E-state index contributed by atoms with van der Waals surface area (Å²) in [6.07, 6.45) is 0.997. The Labute approximate surface area is 107 Å². The zero-order valence-electron chi connectivity index (χ0n) is 11.4. The first kappa shape index (κ1) is 12.8. The van der Waals surface area contributed by atoms with E-state index in [1.54, 1.807) is 7.11 Å². The van der Waals surface area contributed by atoms with Gasteiger partial charge in [0.25, 0.3) is 0 Å². The number of anilines is 1. The Bertz CT molecular complexity index is 535. The third kappa shape index (κ3) is 2.61. The SMILES string of the molecule is CCC(COC)Nc1cc(C)nc2cc(C)nn12. The number of nitrogens with one attached hydrogen (secondary N) is 1. The van der Waals surface area contributed by atoms with E-state index in [1.165, 1.54) is 0 Å². The molecule has 0 saturated carbocycles. The second kappa shape index (κ2) is 5.35. The molecule has 0 bridgehead atoms. The Morgan fingerprint density at radius 2 is 2.11 bits per heavy atom. The van der Waals surface area contributed by atoms with Crippen LogP contribution in [0.15, 0.2) is 12.1 Å². The fourth-order valence-electron chi connectivity index (χ4n) is 1.99. The molecule has 18 heavy (non-hydrogen) atoms. The van der Waals surface area contributed by atoms with Gasteiger partial charge >= 0.3 is 0 Å². The highest BCUT2D eigenvalue weighted by Crippen LogP contribution is 2.15. The van der Waals surface area contributed by atoms with Gasteiger partial charge in [0, 0.05) is 24.9 Å². The molecule has 5 nitrogen and oxygen atoms in total. The third-order valence-electron chi connectivity index (χ3n) is 2.89. The van der Waals surface area contributed by atoms with Crippen molar-refractivity contribution in [1.29, 1.82) is 0 Å². The highest BCUT2D eigenvalue weighted by molar-refractivity contribution is 5.50. The first-order valence-corrected chi connectivity index (χ1v) is 6.23. The van der Waals surface area contributed by atoms with Gasteiger partial charge in [0.15, 0.2) is 5.65 Å². The van der Waals surface area contributed by atoms with Crippen molar-refractivity contribution in [3.05, 3.63) is 23.5 Å². The normalized spacial score (nSPS) is 12.9. The molecule has 0 spiro atoms. The zero-order chi connectivity index (χ0) is 13.1. The van der Waals surface area contributed by atoms with Crippen molar-refractivity contribution in [3.63, 3.8) is 0 Å². The Morgan fingerprint density at radius 3 is 2.78 bits per heavy atom. The largest absolute Gasteiger partial charge is 0.383 e. The number of fused-ring (bicyclic) bond motifs is 1. The minimum atomic E-state index is 0.282. The summed E-state index contributed by atoms with van der Waals surface area (Å²) in [6, 6.07) is 4.28. The lowest BCUT2D eigenvalue weighted by Crippen LogP contribution is -2.25. The maximum Gasteiger partial charge on any atom is 0.157 e. The molecule has 5 heteroatoms. The molecular formula is C13H20N4O. The van der Waals surface area contributed by atoms with Crippen LogP contribution in [0.5, 0.6) is 0 Å². The van der Waals surface area contributed by atoms with Crippen LogP contribution in [0.3, 0.4) is 0 Å². The second-order valence-corrected chi connectivity index (χ2v) is 4.54. The maximum absolute atomic E-state index is 5.21. The number of aromatic nitrogens is 3. The van der Waals surface area contributed by atoms with Crippen molar-refractivity contribution in [1.82, 2.24) is 14.6 Å². The van der Waals surface area contributed by atoms with E-state index in [9.17, 15) is 0 Å². The molecule has 0 saturated heterocycles. The first-order valence-electron chi connectivity index (χ1n) is 6.23. The Kier molecular flexibility index (Phi) is 3.81. The van der Waals surface area contributed by atoms with E-state index in [0.29, 0.717) is 6.61 Å². The molecule has 0 radical (unpaired) electrons. The number of methoxy groups -OCH3 is 1. The Morgan fingerprint density at radius 1 is 1.33 bits per heavy atom. The van der Waals surface area contributed by atoms with Crippen LogP contribution in [0.2, 0.25) is 0 Å². The number of hydrogen-bond donors (Lipinski definition) is 1. The van der Waals surface area contributed by atoms with Crippen LogP contribution in [0.4, 0.5) is 5.82 Å². The average molecular weight is 248 g/mol. The number of rotatable bonds is 5.